The van der Waals surface area contributed by atoms with Crippen molar-refractivity contribution in [3.63, 3.8) is 0 Å². The summed E-state index contributed by atoms with van der Waals surface area (Å²) in [6, 6.07) is 0.122. The molecule has 0 aromatic heterocycles. The lowest BCUT2D eigenvalue weighted by Gasteiger charge is -2.39. The van der Waals surface area contributed by atoms with E-state index in [0.29, 0.717) is 24.4 Å². The first-order chi connectivity index (χ1) is 9.85. The second-order valence-electron chi connectivity index (χ2n) is 6.56. The number of nitrogens with zero attached hydrogens (tertiary/aromatic N) is 1. The fraction of sp³-hybridized carbons (Fsp3) is 0.875. The molecule has 0 aromatic carbocycles. The minimum Gasteiger partial charge on any atom is -0.354 e. The Hall–Kier alpha value is -1.10. The Bertz CT molecular complexity index is 357. The summed E-state index contributed by atoms with van der Waals surface area (Å²) in [5, 5.41) is 6.42. The van der Waals surface area contributed by atoms with Crippen molar-refractivity contribution in [3.8, 4) is 0 Å². The second kappa shape index (κ2) is 8.37. The third-order valence-corrected chi connectivity index (χ3v) is 4.25. The molecule has 0 saturated carbocycles. The van der Waals surface area contributed by atoms with Crippen LogP contribution in [0.4, 0.5) is 0 Å². The Morgan fingerprint density at radius 3 is 2.48 bits per heavy atom. The van der Waals surface area contributed by atoms with E-state index in [0.717, 1.165) is 25.9 Å². The Kier molecular flexibility index (Phi) is 7.15. The molecular weight excluding hydrogens is 266 g/mol. The Morgan fingerprint density at radius 2 is 1.95 bits per heavy atom. The molecule has 5 heteroatoms. The van der Waals surface area contributed by atoms with E-state index in [4.69, 9.17) is 0 Å². The predicted molar refractivity (Wildman–Crippen MR) is 84.9 cm³/mol. The van der Waals surface area contributed by atoms with Gasteiger partial charge in [-0.25, -0.2) is 0 Å². The number of hydrogen-bond donors (Lipinski definition) is 2. The first-order valence-corrected chi connectivity index (χ1v) is 8.14. The molecule has 1 saturated heterocycles. The van der Waals surface area contributed by atoms with E-state index < -0.39 is 0 Å². The van der Waals surface area contributed by atoms with Gasteiger partial charge in [-0.3, -0.25) is 9.59 Å². The summed E-state index contributed by atoms with van der Waals surface area (Å²) < 4.78 is 0. The zero-order valence-corrected chi connectivity index (χ0v) is 14.1. The quantitative estimate of drug-likeness (QED) is 0.779. The molecule has 0 unspecified atom stereocenters. The molecule has 0 bridgehead atoms. The predicted octanol–water partition coefficient (Wildman–Crippen LogP) is 1.38. The van der Waals surface area contributed by atoms with Gasteiger partial charge >= 0.3 is 0 Å². The standard InChI is InChI=1S/C16H31N3O2/c1-6-14-10-19(13(5)20)8-7-15(14)18-12(4)16(21)17-9-11(2)3/h11-12,14-15,18H,6-10H2,1-5H3,(H,17,21)/t12-,14-,15+/m1/s1. The molecule has 1 rings (SSSR count). The van der Waals surface area contributed by atoms with Gasteiger partial charge in [0.25, 0.3) is 0 Å². The maximum atomic E-state index is 12.1. The average Bonchev–Trinajstić information content (AvgIpc) is 2.44. The van der Waals surface area contributed by atoms with E-state index in [2.05, 4.69) is 31.4 Å². The molecule has 1 heterocycles. The van der Waals surface area contributed by atoms with Gasteiger partial charge in [0, 0.05) is 32.6 Å². The molecule has 0 spiro atoms. The van der Waals surface area contributed by atoms with Crippen molar-refractivity contribution in [2.45, 2.75) is 59.5 Å². The van der Waals surface area contributed by atoms with Crippen LogP contribution in [0, 0.1) is 11.8 Å². The maximum Gasteiger partial charge on any atom is 0.236 e. The summed E-state index contributed by atoms with van der Waals surface area (Å²) >= 11 is 0. The average molecular weight is 297 g/mol. The normalized spacial score (nSPS) is 24.0. The number of amides is 2. The minimum absolute atomic E-state index is 0.0625. The van der Waals surface area contributed by atoms with E-state index in [-0.39, 0.29) is 17.9 Å². The SMILES string of the molecule is CC[C@@H]1CN(C(C)=O)CC[C@@H]1N[C@H](C)C(=O)NCC(C)C. The van der Waals surface area contributed by atoms with Crippen molar-refractivity contribution in [3.05, 3.63) is 0 Å². The van der Waals surface area contributed by atoms with Crippen molar-refractivity contribution < 1.29 is 9.59 Å². The van der Waals surface area contributed by atoms with E-state index in [1.54, 1.807) is 6.92 Å². The molecule has 2 N–H and O–H groups in total. The zero-order chi connectivity index (χ0) is 16.0. The second-order valence-corrected chi connectivity index (χ2v) is 6.56. The van der Waals surface area contributed by atoms with Crippen LogP contribution in [0.25, 0.3) is 0 Å². The highest BCUT2D eigenvalue weighted by molar-refractivity contribution is 5.81. The largest absolute Gasteiger partial charge is 0.354 e. The van der Waals surface area contributed by atoms with Crippen LogP contribution in [0.5, 0.6) is 0 Å². The summed E-state index contributed by atoms with van der Waals surface area (Å²) in [5.41, 5.74) is 0. The number of piperidine rings is 1. The molecule has 1 aliphatic rings. The van der Waals surface area contributed by atoms with Crippen LogP contribution in [-0.2, 0) is 9.59 Å². The number of likely N-dealkylation sites (tertiary alicyclic amines) is 1. The summed E-state index contributed by atoms with van der Waals surface area (Å²) in [6.07, 6.45) is 1.93. The van der Waals surface area contributed by atoms with Crippen LogP contribution in [0.2, 0.25) is 0 Å². The number of rotatable bonds is 6. The molecule has 122 valence electrons. The van der Waals surface area contributed by atoms with Gasteiger partial charge in [-0.2, -0.15) is 0 Å². The molecule has 0 aromatic rings. The van der Waals surface area contributed by atoms with E-state index in [1.807, 2.05) is 11.8 Å². The summed E-state index contributed by atoms with van der Waals surface area (Å²) in [7, 11) is 0. The van der Waals surface area contributed by atoms with Gasteiger partial charge in [-0.15, -0.1) is 0 Å². The van der Waals surface area contributed by atoms with Crippen molar-refractivity contribution in [2.24, 2.45) is 11.8 Å². The van der Waals surface area contributed by atoms with Crippen molar-refractivity contribution in [2.75, 3.05) is 19.6 Å². The first kappa shape index (κ1) is 18.0. The van der Waals surface area contributed by atoms with E-state index >= 15 is 0 Å². The molecule has 0 aliphatic carbocycles. The van der Waals surface area contributed by atoms with Gasteiger partial charge in [-0.05, 0) is 25.2 Å². The van der Waals surface area contributed by atoms with Crippen LogP contribution in [0.1, 0.15) is 47.5 Å². The van der Waals surface area contributed by atoms with Crippen LogP contribution >= 0.6 is 0 Å². The lowest BCUT2D eigenvalue weighted by Crippen LogP contribution is -2.55. The van der Waals surface area contributed by atoms with Crippen molar-refractivity contribution in [1.82, 2.24) is 15.5 Å². The van der Waals surface area contributed by atoms with Crippen LogP contribution < -0.4 is 10.6 Å². The molecule has 2 amide bonds. The highest BCUT2D eigenvalue weighted by Gasteiger charge is 2.30. The Labute approximate surface area is 128 Å². The number of carbonyl (C=O) groups is 2. The smallest absolute Gasteiger partial charge is 0.236 e. The van der Waals surface area contributed by atoms with Crippen molar-refractivity contribution >= 4 is 11.8 Å². The third kappa shape index (κ3) is 5.65. The number of carbonyl (C=O) groups excluding carboxylic acids is 2. The van der Waals surface area contributed by atoms with Gasteiger partial charge in [0.15, 0.2) is 0 Å². The summed E-state index contributed by atoms with van der Waals surface area (Å²) in [4.78, 5) is 25.5. The van der Waals surface area contributed by atoms with Gasteiger partial charge in [-0.1, -0.05) is 27.2 Å². The van der Waals surface area contributed by atoms with Crippen LogP contribution in [-0.4, -0.2) is 48.4 Å². The van der Waals surface area contributed by atoms with E-state index in [1.165, 1.54) is 0 Å². The highest BCUT2D eigenvalue weighted by atomic mass is 16.2. The van der Waals surface area contributed by atoms with E-state index in [9.17, 15) is 9.59 Å². The lowest BCUT2D eigenvalue weighted by molar-refractivity contribution is -0.131. The molecule has 1 fully saturated rings. The number of hydrogen-bond acceptors (Lipinski definition) is 3. The fourth-order valence-corrected chi connectivity index (χ4v) is 2.81. The van der Waals surface area contributed by atoms with Gasteiger partial charge in [0.05, 0.1) is 6.04 Å². The van der Waals surface area contributed by atoms with Gasteiger partial charge in [0.2, 0.25) is 11.8 Å². The van der Waals surface area contributed by atoms with Crippen LogP contribution in [0.3, 0.4) is 0 Å². The fourth-order valence-electron chi connectivity index (χ4n) is 2.81. The Morgan fingerprint density at radius 1 is 1.29 bits per heavy atom. The molecule has 5 nitrogen and oxygen atoms in total. The van der Waals surface area contributed by atoms with Crippen molar-refractivity contribution in [1.29, 1.82) is 0 Å². The Balaban J connectivity index is 2.49. The molecule has 21 heavy (non-hydrogen) atoms. The number of nitrogens with one attached hydrogen (secondary N) is 2. The van der Waals surface area contributed by atoms with Crippen LogP contribution in [0.15, 0.2) is 0 Å². The lowest BCUT2D eigenvalue weighted by atomic mass is 9.89. The maximum absolute atomic E-state index is 12.1. The monoisotopic (exact) mass is 297 g/mol. The summed E-state index contributed by atoms with van der Waals surface area (Å²) in [6.45, 7) is 12.2. The highest BCUT2D eigenvalue weighted by Crippen LogP contribution is 2.20. The topological polar surface area (TPSA) is 61.4 Å². The molecule has 0 radical (unpaired) electrons. The first-order valence-electron chi connectivity index (χ1n) is 8.14. The molecule has 3 atom stereocenters. The third-order valence-electron chi connectivity index (χ3n) is 4.25. The van der Waals surface area contributed by atoms with Gasteiger partial charge in [0.1, 0.15) is 0 Å². The van der Waals surface area contributed by atoms with Gasteiger partial charge < -0.3 is 15.5 Å². The zero-order valence-electron chi connectivity index (χ0n) is 14.1. The molecule has 1 aliphatic heterocycles. The minimum atomic E-state index is -0.188. The molecular formula is C16H31N3O2. The summed E-state index contributed by atoms with van der Waals surface area (Å²) in [5.74, 6) is 1.09.